The van der Waals surface area contributed by atoms with Crippen molar-refractivity contribution in [2.24, 2.45) is 0 Å². The summed E-state index contributed by atoms with van der Waals surface area (Å²) in [6.07, 6.45) is 7.27. The summed E-state index contributed by atoms with van der Waals surface area (Å²) in [5.74, 6) is 0.326. The van der Waals surface area contributed by atoms with Crippen molar-refractivity contribution in [2.75, 3.05) is 44.4 Å². The van der Waals surface area contributed by atoms with Gasteiger partial charge in [-0.1, -0.05) is 11.9 Å². The number of amides is 4. The highest BCUT2D eigenvalue weighted by molar-refractivity contribution is 7.97. The highest BCUT2D eigenvalue weighted by Gasteiger charge is 2.11. The molecule has 4 amide bonds. The minimum Gasteiger partial charge on any atom is -0.379 e. The van der Waals surface area contributed by atoms with Gasteiger partial charge in [-0.3, -0.25) is 24.6 Å². The van der Waals surface area contributed by atoms with Crippen LogP contribution in [0.2, 0.25) is 0 Å². The third-order valence-corrected chi connectivity index (χ3v) is 5.37. The molecule has 3 aromatic heterocycles. The first-order valence-corrected chi connectivity index (χ1v) is 11.6. The predicted molar refractivity (Wildman–Crippen MR) is 125 cm³/mol. The maximum absolute atomic E-state index is 12.0. The van der Waals surface area contributed by atoms with Crippen molar-refractivity contribution in [1.29, 1.82) is 0 Å². The van der Waals surface area contributed by atoms with Crippen LogP contribution >= 0.6 is 11.9 Å². The molecule has 0 radical (unpaired) electrons. The molecule has 0 atom stereocenters. The minimum absolute atomic E-state index is 0.326. The summed E-state index contributed by atoms with van der Waals surface area (Å²) >= 11 is 1.11. The average Bonchev–Trinajstić information content (AvgIpc) is 3.31. The average molecular weight is 472 g/mol. The molecule has 4 heterocycles. The lowest BCUT2D eigenvalue weighted by molar-refractivity contribution is 0.0360. The number of anilines is 1. The quantitative estimate of drug-likeness (QED) is 0.313. The first-order valence-electron chi connectivity index (χ1n) is 10.4. The van der Waals surface area contributed by atoms with Gasteiger partial charge in [0.15, 0.2) is 0 Å². The molecule has 12 nitrogen and oxygen atoms in total. The Morgan fingerprint density at radius 3 is 2.70 bits per heavy atom. The molecule has 0 aromatic carbocycles. The number of nitrogens with zero attached hydrogens (tertiary/aromatic N) is 5. The van der Waals surface area contributed by atoms with Crippen molar-refractivity contribution in [3.05, 3.63) is 36.8 Å². The van der Waals surface area contributed by atoms with Gasteiger partial charge in [0.05, 0.1) is 37.0 Å². The van der Waals surface area contributed by atoms with E-state index in [4.69, 9.17) is 4.74 Å². The largest absolute Gasteiger partial charge is 0.379 e. The molecule has 4 N–H and O–H groups in total. The van der Waals surface area contributed by atoms with Crippen LogP contribution in [0.5, 0.6) is 0 Å². The summed E-state index contributed by atoms with van der Waals surface area (Å²) in [6.45, 7) is 5.18. The van der Waals surface area contributed by atoms with E-state index in [2.05, 4.69) is 40.9 Å². The van der Waals surface area contributed by atoms with Crippen LogP contribution in [0.3, 0.4) is 0 Å². The standard InChI is InChI=1S/C20H25N9O3S/c1-33-27-20(31)26-25-19(30)24-18-3-2-16-17(23-18)10-14(11-21-16)15-12-22-29(13-15)5-4-28-6-8-32-9-7-28/h2-3,10-13H,4-9H2,1H3,(H2,26,27,31)(H2,23,24,25,30). The Balaban J connectivity index is 1.39. The summed E-state index contributed by atoms with van der Waals surface area (Å²) in [4.78, 5) is 34.6. The number of fused-ring (bicyclic) bond motifs is 1. The van der Waals surface area contributed by atoms with E-state index in [0.717, 1.165) is 62.5 Å². The van der Waals surface area contributed by atoms with E-state index in [1.807, 2.05) is 23.1 Å². The molecular formula is C20H25N9O3S. The number of hydrogen-bond acceptors (Lipinski definition) is 8. The van der Waals surface area contributed by atoms with E-state index in [1.54, 1.807) is 24.6 Å². The Bertz CT molecular complexity index is 1120. The van der Waals surface area contributed by atoms with Gasteiger partial charge in [0.1, 0.15) is 5.82 Å². The van der Waals surface area contributed by atoms with E-state index >= 15 is 0 Å². The van der Waals surface area contributed by atoms with Gasteiger partial charge in [0.25, 0.3) is 0 Å². The molecule has 3 aromatic rings. The molecule has 1 aliphatic rings. The highest BCUT2D eigenvalue weighted by atomic mass is 32.2. The van der Waals surface area contributed by atoms with Crippen molar-refractivity contribution >= 4 is 40.9 Å². The number of morpholine rings is 1. The summed E-state index contributed by atoms with van der Waals surface area (Å²) in [5.41, 5.74) is 7.59. The van der Waals surface area contributed by atoms with Gasteiger partial charge >= 0.3 is 12.1 Å². The maximum atomic E-state index is 12.0. The van der Waals surface area contributed by atoms with E-state index in [0.29, 0.717) is 16.9 Å². The molecule has 174 valence electrons. The van der Waals surface area contributed by atoms with Crippen molar-refractivity contribution in [3.8, 4) is 11.1 Å². The number of carbonyl (C=O) groups is 2. The Morgan fingerprint density at radius 1 is 1.06 bits per heavy atom. The van der Waals surface area contributed by atoms with Gasteiger partial charge in [0, 0.05) is 49.4 Å². The van der Waals surface area contributed by atoms with Crippen LogP contribution in [0.15, 0.2) is 36.8 Å². The summed E-state index contributed by atoms with van der Waals surface area (Å²) in [5, 5.41) is 7.04. The Hall–Kier alpha value is -3.42. The molecule has 0 bridgehead atoms. The van der Waals surface area contributed by atoms with Crippen LogP contribution in [0.1, 0.15) is 0 Å². The number of carbonyl (C=O) groups excluding carboxylic acids is 2. The molecule has 1 aliphatic heterocycles. The zero-order valence-electron chi connectivity index (χ0n) is 18.1. The number of pyridine rings is 2. The molecule has 0 saturated carbocycles. The molecule has 0 unspecified atom stereocenters. The molecule has 1 fully saturated rings. The normalized spacial score (nSPS) is 14.1. The van der Waals surface area contributed by atoms with Crippen LogP contribution in [-0.2, 0) is 11.3 Å². The van der Waals surface area contributed by atoms with Gasteiger partial charge in [-0.25, -0.2) is 25.4 Å². The molecule has 33 heavy (non-hydrogen) atoms. The SMILES string of the molecule is CSNC(=O)NNC(=O)Nc1ccc2ncc(-c3cnn(CCN4CCOCC4)c3)cc2n1. The van der Waals surface area contributed by atoms with Crippen LogP contribution in [0.4, 0.5) is 15.4 Å². The predicted octanol–water partition coefficient (Wildman–Crippen LogP) is 1.44. The van der Waals surface area contributed by atoms with E-state index in [1.165, 1.54) is 0 Å². The summed E-state index contributed by atoms with van der Waals surface area (Å²) in [7, 11) is 0. The topological polar surface area (TPSA) is 138 Å². The lowest BCUT2D eigenvalue weighted by Gasteiger charge is -2.26. The minimum atomic E-state index is -0.622. The second-order valence-electron chi connectivity index (χ2n) is 7.24. The van der Waals surface area contributed by atoms with Gasteiger partial charge in [0.2, 0.25) is 0 Å². The Morgan fingerprint density at radius 2 is 1.88 bits per heavy atom. The van der Waals surface area contributed by atoms with Gasteiger partial charge in [-0.15, -0.1) is 0 Å². The fraction of sp³-hybridized carbons (Fsp3) is 0.350. The second-order valence-corrected chi connectivity index (χ2v) is 7.86. The number of hydrogen-bond donors (Lipinski definition) is 4. The summed E-state index contributed by atoms with van der Waals surface area (Å²) < 4.78 is 9.73. The third-order valence-electron chi connectivity index (χ3n) is 4.98. The fourth-order valence-corrected chi connectivity index (χ4v) is 3.55. The monoisotopic (exact) mass is 471 g/mol. The number of urea groups is 2. The summed E-state index contributed by atoms with van der Waals surface area (Å²) in [6, 6.07) is 4.15. The van der Waals surface area contributed by atoms with Crippen molar-refractivity contribution in [2.45, 2.75) is 6.54 Å². The number of aromatic nitrogens is 4. The van der Waals surface area contributed by atoms with Crippen molar-refractivity contribution < 1.29 is 14.3 Å². The molecule has 0 aliphatic carbocycles. The highest BCUT2D eigenvalue weighted by Crippen LogP contribution is 2.22. The number of rotatable bonds is 6. The molecular weight excluding hydrogens is 446 g/mol. The van der Waals surface area contributed by atoms with Crippen LogP contribution in [-0.4, -0.2) is 75.8 Å². The fourth-order valence-electron chi connectivity index (χ4n) is 3.32. The van der Waals surface area contributed by atoms with Gasteiger partial charge in [-0.05, 0) is 18.2 Å². The third kappa shape index (κ3) is 6.31. The second kappa shape index (κ2) is 10.9. The van der Waals surface area contributed by atoms with Gasteiger partial charge in [-0.2, -0.15) is 5.10 Å². The van der Waals surface area contributed by atoms with Crippen LogP contribution in [0, 0.1) is 0 Å². The Kier molecular flexibility index (Phi) is 7.55. The van der Waals surface area contributed by atoms with E-state index < -0.39 is 12.1 Å². The first kappa shape index (κ1) is 22.8. The first-order chi connectivity index (χ1) is 16.1. The molecule has 4 rings (SSSR count). The van der Waals surface area contributed by atoms with Crippen molar-refractivity contribution in [3.63, 3.8) is 0 Å². The number of hydrazine groups is 1. The van der Waals surface area contributed by atoms with Gasteiger partial charge < -0.3 is 4.74 Å². The zero-order chi connectivity index (χ0) is 23.0. The Labute approximate surface area is 194 Å². The maximum Gasteiger partial charge on any atom is 0.343 e. The molecule has 13 heteroatoms. The van der Waals surface area contributed by atoms with E-state index in [9.17, 15) is 9.59 Å². The van der Waals surface area contributed by atoms with E-state index in [-0.39, 0.29) is 0 Å². The number of nitrogens with one attached hydrogen (secondary N) is 4. The van der Waals surface area contributed by atoms with Crippen LogP contribution in [0.25, 0.3) is 22.2 Å². The van der Waals surface area contributed by atoms with Crippen molar-refractivity contribution in [1.82, 2.24) is 40.2 Å². The smallest absolute Gasteiger partial charge is 0.343 e. The lowest BCUT2D eigenvalue weighted by atomic mass is 10.1. The van der Waals surface area contributed by atoms with Crippen LogP contribution < -0.4 is 20.9 Å². The molecule has 0 spiro atoms. The molecule has 1 saturated heterocycles. The number of ether oxygens (including phenoxy) is 1. The zero-order valence-corrected chi connectivity index (χ0v) is 18.9. The lowest BCUT2D eigenvalue weighted by Crippen LogP contribution is -2.46.